The summed E-state index contributed by atoms with van der Waals surface area (Å²) in [5.41, 5.74) is 1.18. The Morgan fingerprint density at radius 1 is 1.10 bits per heavy atom. The average molecular weight is 533 g/mol. The van der Waals surface area contributed by atoms with Gasteiger partial charge in [-0.1, -0.05) is 6.07 Å². The molecule has 30 heavy (non-hydrogen) atoms. The van der Waals surface area contributed by atoms with Gasteiger partial charge in [0.15, 0.2) is 17.5 Å². The molecule has 0 radical (unpaired) electrons. The van der Waals surface area contributed by atoms with E-state index in [4.69, 9.17) is 14.2 Å². The van der Waals surface area contributed by atoms with Crippen LogP contribution in [0.2, 0.25) is 0 Å². The molecule has 1 N–H and O–H groups in total. The van der Waals surface area contributed by atoms with Crippen LogP contribution in [-0.2, 0) is 16.0 Å². The molecule has 1 aromatic rings. The molecule has 1 aliphatic rings. The molecule has 0 unspecified atom stereocenters. The van der Waals surface area contributed by atoms with Crippen LogP contribution in [0.4, 0.5) is 0 Å². The Morgan fingerprint density at radius 2 is 1.77 bits per heavy atom. The number of carbonyl (C=O) groups excluding carboxylic acids is 1. The predicted molar refractivity (Wildman–Crippen MR) is 130 cm³/mol. The second kappa shape index (κ2) is 14.3. The van der Waals surface area contributed by atoms with E-state index in [1.165, 1.54) is 5.56 Å². The molecular formula is C22H36IN3O4. The van der Waals surface area contributed by atoms with E-state index >= 15 is 0 Å². The number of hydrogen-bond donors (Lipinski definition) is 1. The van der Waals surface area contributed by atoms with Crippen molar-refractivity contribution in [2.75, 3.05) is 46.5 Å². The minimum absolute atomic E-state index is 0. The zero-order valence-electron chi connectivity index (χ0n) is 18.6. The van der Waals surface area contributed by atoms with Gasteiger partial charge in [-0.25, -0.2) is 0 Å². The Labute approximate surface area is 197 Å². The summed E-state index contributed by atoms with van der Waals surface area (Å²) < 4.78 is 16.5. The van der Waals surface area contributed by atoms with Crippen molar-refractivity contribution >= 4 is 35.9 Å². The molecule has 0 aliphatic carbocycles. The van der Waals surface area contributed by atoms with Gasteiger partial charge in [0.05, 0.1) is 25.7 Å². The number of esters is 1. The number of rotatable bonds is 9. The van der Waals surface area contributed by atoms with Gasteiger partial charge in [-0.3, -0.25) is 9.79 Å². The maximum Gasteiger partial charge on any atom is 0.309 e. The largest absolute Gasteiger partial charge is 0.490 e. The fourth-order valence-corrected chi connectivity index (χ4v) is 3.49. The molecule has 7 nitrogen and oxygen atoms in total. The van der Waals surface area contributed by atoms with Gasteiger partial charge >= 0.3 is 5.97 Å². The molecule has 170 valence electrons. The summed E-state index contributed by atoms with van der Waals surface area (Å²) in [6.07, 6.45) is 2.46. The number of piperidine rings is 1. The summed E-state index contributed by atoms with van der Waals surface area (Å²) in [5, 5.41) is 3.44. The van der Waals surface area contributed by atoms with Gasteiger partial charge in [0, 0.05) is 26.7 Å². The van der Waals surface area contributed by atoms with Crippen LogP contribution in [0.25, 0.3) is 0 Å². The third-order valence-corrected chi connectivity index (χ3v) is 4.93. The molecule has 0 atom stereocenters. The van der Waals surface area contributed by atoms with E-state index in [0.717, 1.165) is 56.4 Å². The Hall–Kier alpha value is -1.71. The molecule has 1 aromatic carbocycles. The highest BCUT2D eigenvalue weighted by molar-refractivity contribution is 14.0. The van der Waals surface area contributed by atoms with Gasteiger partial charge in [0.25, 0.3) is 0 Å². The fraction of sp³-hybridized carbons (Fsp3) is 0.636. The van der Waals surface area contributed by atoms with Crippen LogP contribution in [0, 0.1) is 5.92 Å². The summed E-state index contributed by atoms with van der Waals surface area (Å²) in [7, 11) is 1.80. The number of halogens is 1. The van der Waals surface area contributed by atoms with Crippen molar-refractivity contribution in [2.24, 2.45) is 10.9 Å². The second-order valence-electron chi connectivity index (χ2n) is 6.88. The van der Waals surface area contributed by atoms with Crippen LogP contribution in [0.5, 0.6) is 11.5 Å². The third-order valence-electron chi connectivity index (χ3n) is 4.93. The lowest BCUT2D eigenvalue weighted by Crippen LogP contribution is -2.47. The molecule has 1 saturated heterocycles. The lowest BCUT2D eigenvalue weighted by Gasteiger charge is -2.33. The number of benzene rings is 1. The summed E-state index contributed by atoms with van der Waals surface area (Å²) in [6.45, 7) is 9.83. The zero-order valence-corrected chi connectivity index (χ0v) is 20.9. The van der Waals surface area contributed by atoms with Crippen molar-refractivity contribution in [1.29, 1.82) is 0 Å². The molecule has 0 spiro atoms. The van der Waals surface area contributed by atoms with Crippen molar-refractivity contribution in [1.82, 2.24) is 10.2 Å². The molecule has 0 aromatic heterocycles. The minimum atomic E-state index is -0.0734. The number of carbonyl (C=O) groups is 1. The topological polar surface area (TPSA) is 72.4 Å². The lowest BCUT2D eigenvalue weighted by molar-refractivity contribution is -0.149. The Morgan fingerprint density at radius 3 is 2.37 bits per heavy atom. The number of aliphatic imine (C=N–C) groups is 1. The fourth-order valence-electron chi connectivity index (χ4n) is 3.49. The summed E-state index contributed by atoms with van der Waals surface area (Å²) in [5.74, 6) is 2.38. The standard InChI is InChI=1S/C22H35N3O4.HI/c1-5-27-19-9-8-17(16-20(19)28-6-2)10-13-24-22(23-4)25-14-11-18(12-15-25)21(26)29-7-3;/h8-9,16,18H,5-7,10-15H2,1-4H3,(H,23,24);1H. The first-order valence-electron chi connectivity index (χ1n) is 10.6. The highest BCUT2D eigenvalue weighted by atomic mass is 127. The van der Waals surface area contributed by atoms with Crippen LogP contribution < -0.4 is 14.8 Å². The van der Waals surface area contributed by atoms with Gasteiger partial charge < -0.3 is 24.4 Å². The zero-order chi connectivity index (χ0) is 21.1. The SMILES string of the molecule is CCOC(=O)C1CCN(C(=NC)NCCc2ccc(OCC)c(OCC)c2)CC1.I. The minimum Gasteiger partial charge on any atom is -0.490 e. The smallest absolute Gasteiger partial charge is 0.309 e. The second-order valence-corrected chi connectivity index (χ2v) is 6.88. The number of guanidine groups is 1. The molecule has 0 bridgehead atoms. The quantitative estimate of drug-likeness (QED) is 0.227. The van der Waals surface area contributed by atoms with Crippen molar-refractivity contribution in [3.63, 3.8) is 0 Å². The summed E-state index contributed by atoms with van der Waals surface area (Å²) >= 11 is 0. The molecule has 1 fully saturated rings. The van der Waals surface area contributed by atoms with Crippen LogP contribution in [0.15, 0.2) is 23.2 Å². The maximum absolute atomic E-state index is 11.9. The van der Waals surface area contributed by atoms with E-state index < -0.39 is 0 Å². The van der Waals surface area contributed by atoms with Gasteiger partial charge in [0.1, 0.15) is 0 Å². The Kier molecular flexibility index (Phi) is 12.6. The van der Waals surface area contributed by atoms with Crippen molar-refractivity contribution in [2.45, 2.75) is 40.0 Å². The highest BCUT2D eigenvalue weighted by Gasteiger charge is 2.27. The number of nitrogens with zero attached hydrogens (tertiary/aromatic N) is 2. The van der Waals surface area contributed by atoms with E-state index in [-0.39, 0.29) is 35.9 Å². The summed E-state index contributed by atoms with van der Waals surface area (Å²) in [4.78, 5) is 18.5. The third kappa shape index (κ3) is 7.85. The molecule has 2 rings (SSSR count). The van der Waals surface area contributed by atoms with Gasteiger partial charge in [-0.05, 0) is 57.7 Å². The Balaban J connectivity index is 0.00000450. The molecule has 1 aliphatic heterocycles. The van der Waals surface area contributed by atoms with E-state index in [9.17, 15) is 4.79 Å². The first kappa shape index (κ1) is 26.3. The van der Waals surface area contributed by atoms with Gasteiger partial charge in [-0.15, -0.1) is 24.0 Å². The van der Waals surface area contributed by atoms with Crippen molar-refractivity contribution < 1.29 is 19.0 Å². The van der Waals surface area contributed by atoms with Crippen LogP contribution in [0.3, 0.4) is 0 Å². The first-order valence-corrected chi connectivity index (χ1v) is 10.6. The normalized spacial score (nSPS) is 14.7. The van der Waals surface area contributed by atoms with Crippen molar-refractivity contribution in [3.8, 4) is 11.5 Å². The number of likely N-dealkylation sites (tertiary alicyclic amines) is 1. The van der Waals surface area contributed by atoms with Crippen LogP contribution in [-0.4, -0.2) is 63.3 Å². The summed E-state index contributed by atoms with van der Waals surface area (Å²) in [6, 6.07) is 6.09. The van der Waals surface area contributed by atoms with E-state index in [1.807, 2.05) is 32.9 Å². The van der Waals surface area contributed by atoms with Crippen molar-refractivity contribution in [3.05, 3.63) is 23.8 Å². The number of hydrogen-bond acceptors (Lipinski definition) is 5. The molecule has 0 amide bonds. The monoisotopic (exact) mass is 533 g/mol. The lowest BCUT2D eigenvalue weighted by atomic mass is 9.97. The van der Waals surface area contributed by atoms with Gasteiger partial charge in [-0.2, -0.15) is 0 Å². The van der Waals surface area contributed by atoms with E-state index in [1.54, 1.807) is 7.05 Å². The molecule has 1 heterocycles. The van der Waals surface area contributed by atoms with Crippen LogP contribution in [0.1, 0.15) is 39.2 Å². The maximum atomic E-state index is 11.9. The van der Waals surface area contributed by atoms with Gasteiger partial charge in [0.2, 0.25) is 0 Å². The average Bonchev–Trinajstić information content (AvgIpc) is 2.73. The molecular weight excluding hydrogens is 497 g/mol. The number of nitrogens with one attached hydrogen (secondary N) is 1. The number of ether oxygens (including phenoxy) is 3. The Bertz CT molecular complexity index is 676. The highest BCUT2D eigenvalue weighted by Crippen LogP contribution is 2.28. The van der Waals surface area contributed by atoms with Crippen LogP contribution >= 0.6 is 24.0 Å². The molecule has 0 saturated carbocycles. The first-order chi connectivity index (χ1) is 14.1. The predicted octanol–water partition coefficient (Wildman–Crippen LogP) is 3.50. The van der Waals surface area contributed by atoms with E-state index in [2.05, 4.69) is 21.3 Å². The van der Waals surface area contributed by atoms with E-state index in [0.29, 0.717) is 19.8 Å². The molecule has 8 heteroatoms.